The fraction of sp³-hybridized carbons (Fsp3) is 0.400. The lowest BCUT2D eigenvalue weighted by molar-refractivity contribution is -0.00682. The Bertz CT molecular complexity index is 323. The van der Waals surface area contributed by atoms with E-state index < -0.39 is 0 Å². The highest BCUT2D eigenvalue weighted by Crippen LogP contribution is 2.02. The number of carbonyl (C=O) groups is 1. The Kier molecular flexibility index (Phi) is 3.26. The summed E-state index contributed by atoms with van der Waals surface area (Å²) in [5.74, 6) is -0.255. The minimum atomic E-state index is -0.255. The van der Waals surface area contributed by atoms with E-state index in [2.05, 4.69) is 15.8 Å². The van der Waals surface area contributed by atoms with Crippen LogP contribution in [0.25, 0.3) is 0 Å². The van der Waals surface area contributed by atoms with E-state index in [1.165, 1.54) is 6.20 Å². The van der Waals surface area contributed by atoms with Crippen LogP contribution in [0.15, 0.2) is 24.5 Å². The minimum absolute atomic E-state index is 0.0746. The van der Waals surface area contributed by atoms with Crippen LogP contribution < -0.4 is 10.8 Å². The lowest BCUT2D eigenvalue weighted by Crippen LogP contribution is -2.30. The highest BCUT2D eigenvalue weighted by molar-refractivity contribution is 5.93. The molecule has 1 aromatic heterocycles. The third-order valence-electron chi connectivity index (χ3n) is 2.26. The molecule has 2 N–H and O–H groups in total. The Morgan fingerprint density at radius 1 is 1.67 bits per heavy atom. The van der Waals surface area contributed by atoms with Gasteiger partial charge in [0.1, 0.15) is 0 Å². The van der Waals surface area contributed by atoms with E-state index in [-0.39, 0.29) is 12.0 Å². The van der Waals surface area contributed by atoms with Crippen molar-refractivity contribution in [1.82, 2.24) is 15.8 Å². The standard InChI is InChI=1S/C10H13N3O2/c14-10(8-2-1-4-11-6-8)13-15-9-3-5-12-7-9/h1-2,4,6,9,12H,3,5,7H2,(H,13,14). The molecule has 0 spiro atoms. The summed E-state index contributed by atoms with van der Waals surface area (Å²) in [5.41, 5.74) is 2.93. The molecule has 5 heteroatoms. The zero-order valence-electron chi connectivity index (χ0n) is 8.27. The largest absolute Gasteiger partial charge is 0.314 e. The number of rotatable bonds is 3. The number of hydrogen-bond acceptors (Lipinski definition) is 4. The number of nitrogens with one attached hydrogen (secondary N) is 2. The summed E-state index contributed by atoms with van der Waals surface area (Å²) in [6.07, 6.45) is 4.13. The van der Waals surface area contributed by atoms with Crippen LogP contribution in [0.4, 0.5) is 0 Å². The molecule has 0 saturated carbocycles. The van der Waals surface area contributed by atoms with Crippen molar-refractivity contribution in [3.05, 3.63) is 30.1 Å². The van der Waals surface area contributed by atoms with Crippen LogP contribution in [0.3, 0.4) is 0 Å². The maximum atomic E-state index is 11.5. The number of carbonyl (C=O) groups excluding carboxylic acids is 1. The molecule has 0 aromatic carbocycles. The van der Waals surface area contributed by atoms with Crippen molar-refractivity contribution < 1.29 is 9.63 Å². The van der Waals surface area contributed by atoms with Crippen LogP contribution in [-0.4, -0.2) is 30.1 Å². The maximum absolute atomic E-state index is 11.5. The second kappa shape index (κ2) is 4.86. The first-order valence-corrected chi connectivity index (χ1v) is 4.93. The van der Waals surface area contributed by atoms with Crippen LogP contribution >= 0.6 is 0 Å². The van der Waals surface area contributed by atoms with Crippen molar-refractivity contribution in [3.8, 4) is 0 Å². The van der Waals surface area contributed by atoms with E-state index in [9.17, 15) is 4.79 Å². The highest BCUT2D eigenvalue weighted by Gasteiger charge is 2.16. The van der Waals surface area contributed by atoms with Gasteiger partial charge in [-0.15, -0.1) is 0 Å². The Balaban J connectivity index is 1.82. The highest BCUT2D eigenvalue weighted by atomic mass is 16.7. The number of nitrogens with zero attached hydrogens (tertiary/aromatic N) is 1. The molecule has 1 amide bonds. The van der Waals surface area contributed by atoms with Gasteiger partial charge in [-0.3, -0.25) is 14.6 Å². The van der Waals surface area contributed by atoms with Gasteiger partial charge in [0.05, 0.1) is 11.7 Å². The van der Waals surface area contributed by atoms with Crippen LogP contribution in [0.2, 0.25) is 0 Å². The second-order valence-electron chi connectivity index (χ2n) is 3.41. The van der Waals surface area contributed by atoms with Crippen molar-refractivity contribution >= 4 is 5.91 Å². The van der Waals surface area contributed by atoms with Crippen LogP contribution in [-0.2, 0) is 4.84 Å². The van der Waals surface area contributed by atoms with Crippen LogP contribution in [0.5, 0.6) is 0 Å². The average Bonchev–Trinajstić information content (AvgIpc) is 2.80. The smallest absolute Gasteiger partial charge is 0.276 e. The van der Waals surface area contributed by atoms with Gasteiger partial charge in [0.15, 0.2) is 0 Å². The number of pyridine rings is 1. The van der Waals surface area contributed by atoms with Gasteiger partial charge < -0.3 is 5.32 Å². The molecule has 0 radical (unpaired) electrons. The van der Waals surface area contributed by atoms with E-state index in [4.69, 9.17) is 4.84 Å². The van der Waals surface area contributed by atoms with Gasteiger partial charge in [0.2, 0.25) is 0 Å². The van der Waals surface area contributed by atoms with E-state index in [0.717, 1.165) is 19.5 Å². The molecule has 1 fully saturated rings. The molecule has 1 aliphatic rings. The van der Waals surface area contributed by atoms with Gasteiger partial charge in [-0.25, -0.2) is 5.48 Å². The molecule has 2 heterocycles. The molecule has 0 aliphatic carbocycles. The average molecular weight is 207 g/mol. The molecule has 2 rings (SSSR count). The SMILES string of the molecule is O=C(NOC1CCNC1)c1cccnc1. The summed E-state index contributed by atoms with van der Waals surface area (Å²) in [6.45, 7) is 1.72. The fourth-order valence-electron chi connectivity index (χ4n) is 1.42. The number of amides is 1. The molecule has 1 unspecified atom stereocenters. The van der Waals surface area contributed by atoms with E-state index >= 15 is 0 Å². The first kappa shape index (κ1) is 10.1. The van der Waals surface area contributed by atoms with Gasteiger partial charge in [0, 0.05) is 18.9 Å². The molecule has 0 bridgehead atoms. The second-order valence-corrected chi connectivity index (χ2v) is 3.41. The van der Waals surface area contributed by atoms with Crippen molar-refractivity contribution in [2.45, 2.75) is 12.5 Å². The van der Waals surface area contributed by atoms with Gasteiger partial charge >= 0.3 is 0 Å². The number of hydroxylamine groups is 1. The molecule has 5 nitrogen and oxygen atoms in total. The first-order chi connectivity index (χ1) is 7.36. The number of hydrogen-bond donors (Lipinski definition) is 2. The maximum Gasteiger partial charge on any atom is 0.276 e. The summed E-state index contributed by atoms with van der Waals surface area (Å²) in [4.78, 5) is 20.6. The number of aromatic nitrogens is 1. The first-order valence-electron chi connectivity index (χ1n) is 4.93. The van der Waals surface area contributed by atoms with Crippen molar-refractivity contribution in [3.63, 3.8) is 0 Å². The topological polar surface area (TPSA) is 63.2 Å². The molecule has 1 saturated heterocycles. The lowest BCUT2D eigenvalue weighted by atomic mass is 10.3. The third-order valence-corrected chi connectivity index (χ3v) is 2.26. The molecular weight excluding hydrogens is 194 g/mol. The van der Waals surface area contributed by atoms with Crippen molar-refractivity contribution in [2.75, 3.05) is 13.1 Å². The van der Waals surface area contributed by atoms with Crippen LogP contribution in [0.1, 0.15) is 16.8 Å². The Morgan fingerprint density at radius 2 is 2.60 bits per heavy atom. The molecular formula is C10H13N3O2. The molecule has 80 valence electrons. The van der Waals surface area contributed by atoms with Crippen molar-refractivity contribution in [2.24, 2.45) is 0 Å². The third kappa shape index (κ3) is 2.74. The predicted octanol–water partition coefficient (Wildman–Crippen LogP) is 0.105. The summed E-state index contributed by atoms with van der Waals surface area (Å²) in [7, 11) is 0. The van der Waals surface area contributed by atoms with E-state index in [0.29, 0.717) is 5.56 Å². The molecule has 1 aromatic rings. The van der Waals surface area contributed by atoms with Gasteiger partial charge in [0.25, 0.3) is 5.91 Å². The molecule has 1 aliphatic heterocycles. The quantitative estimate of drug-likeness (QED) is 0.690. The fourth-order valence-corrected chi connectivity index (χ4v) is 1.42. The summed E-state index contributed by atoms with van der Waals surface area (Å²) < 4.78 is 0. The minimum Gasteiger partial charge on any atom is -0.314 e. The normalized spacial score (nSPS) is 20.1. The van der Waals surface area contributed by atoms with Crippen LogP contribution in [0, 0.1) is 0 Å². The van der Waals surface area contributed by atoms with E-state index in [1.54, 1.807) is 18.3 Å². The molecule has 15 heavy (non-hydrogen) atoms. The Labute approximate surface area is 87.8 Å². The predicted molar refractivity (Wildman–Crippen MR) is 54.1 cm³/mol. The van der Waals surface area contributed by atoms with Gasteiger partial charge in [-0.05, 0) is 25.1 Å². The lowest BCUT2D eigenvalue weighted by Gasteiger charge is -2.10. The zero-order valence-corrected chi connectivity index (χ0v) is 8.27. The van der Waals surface area contributed by atoms with Gasteiger partial charge in [-0.2, -0.15) is 0 Å². The molecule has 1 atom stereocenters. The van der Waals surface area contributed by atoms with Gasteiger partial charge in [-0.1, -0.05) is 0 Å². The Morgan fingerprint density at radius 3 is 3.27 bits per heavy atom. The summed E-state index contributed by atoms with van der Waals surface area (Å²) in [5, 5.41) is 3.15. The summed E-state index contributed by atoms with van der Waals surface area (Å²) in [6, 6.07) is 3.41. The monoisotopic (exact) mass is 207 g/mol. The summed E-state index contributed by atoms with van der Waals surface area (Å²) >= 11 is 0. The zero-order chi connectivity index (χ0) is 10.5. The van der Waals surface area contributed by atoms with E-state index in [1.807, 2.05) is 0 Å². The Hall–Kier alpha value is -1.46. The van der Waals surface area contributed by atoms with Crippen molar-refractivity contribution in [1.29, 1.82) is 0 Å².